The molecule has 0 aliphatic carbocycles. The first-order valence-corrected chi connectivity index (χ1v) is 8.53. The average molecular weight is 374 g/mol. The van der Waals surface area contributed by atoms with E-state index in [0.717, 1.165) is 23.6 Å². The van der Waals surface area contributed by atoms with Gasteiger partial charge in [-0.3, -0.25) is 4.79 Å². The molecule has 4 nitrogen and oxygen atoms in total. The summed E-state index contributed by atoms with van der Waals surface area (Å²) >= 11 is 11.5. The van der Waals surface area contributed by atoms with Gasteiger partial charge in [0.2, 0.25) is 0 Å². The van der Waals surface area contributed by atoms with Crippen molar-refractivity contribution in [3.63, 3.8) is 0 Å². The number of hydrogen-bond donors (Lipinski definition) is 1. The second-order valence-corrected chi connectivity index (χ2v) is 6.87. The molecule has 0 atom stereocenters. The lowest BCUT2D eigenvalue weighted by Crippen LogP contribution is -2.29. The number of rotatable bonds is 4. The zero-order valence-electron chi connectivity index (χ0n) is 11.5. The van der Waals surface area contributed by atoms with Crippen molar-refractivity contribution in [1.29, 1.82) is 0 Å². The highest BCUT2D eigenvalue weighted by Gasteiger charge is 2.16. The van der Waals surface area contributed by atoms with Gasteiger partial charge in [-0.05, 0) is 42.0 Å². The van der Waals surface area contributed by atoms with Gasteiger partial charge in [0.05, 0.1) is 16.0 Å². The topological polar surface area (TPSA) is 63.2 Å². The molecule has 1 amide bonds. The first kappa shape index (κ1) is 17.5. The third-order valence-electron chi connectivity index (χ3n) is 2.70. The quantitative estimate of drug-likeness (QED) is 0.884. The van der Waals surface area contributed by atoms with Crippen LogP contribution in [0.3, 0.4) is 0 Å². The summed E-state index contributed by atoms with van der Waals surface area (Å²) in [4.78, 5) is 11.9. The molecular weight excluding hydrogens is 364 g/mol. The van der Waals surface area contributed by atoms with Crippen molar-refractivity contribution in [2.75, 3.05) is 0 Å². The number of nitrogens with one attached hydrogen (secondary N) is 1. The molecule has 0 spiro atoms. The number of benzene rings is 2. The molecule has 0 unspecified atom stereocenters. The lowest BCUT2D eigenvalue weighted by Gasteiger charge is -2.05. The van der Waals surface area contributed by atoms with Gasteiger partial charge in [-0.15, -0.1) is 0 Å². The SMILES string of the molecule is O=C(NS(=O)(=O)C=Cc1cccc(Cl)c1)c1ccc(F)cc1Cl. The Morgan fingerprint density at radius 2 is 1.87 bits per heavy atom. The van der Waals surface area contributed by atoms with Crippen LogP contribution < -0.4 is 4.72 Å². The second kappa shape index (κ2) is 7.12. The van der Waals surface area contributed by atoms with E-state index in [1.54, 1.807) is 24.3 Å². The highest BCUT2D eigenvalue weighted by atomic mass is 35.5. The van der Waals surface area contributed by atoms with E-state index in [4.69, 9.17) is 23.2 Å². The van der Waals surface area contributed by atoms with Crippen LogP contribution in [0.15, 0.2) is 47.9 Å². The standard InChI is InChI=1S/C15H10Cl2FNO3S/c16-11-3-1-2-10(8-11)6-7-23(21,22)19-15(20)13-5-4-12(18)9-14(13)17/h1-9H,(H,19,20). The van der Waals surface area contributed by atoms with E-state index in [0.29, 0.717) is 10.6 Å². The Morgan fingerprint density at radius 1 is 1.13 bits per heavy atom. The third-order valence-corrected chi connectivity index (χ3v) is 4.21. The van der Waals surface area contributed by atoms with Crippen LogP contribution in [0, 0.1) is 5.82 Å². The predicted molar refractivity (Wildman–Crippen MR) is 88.3 cm³/mol. The van der Waals surface area contributed by atoms with Gasteiger partial charge in [0.1, 0.15) is 5.82 Å². The summed E-state index contributed by atoms with van der Waals surface area (Å²) in [5.41, 5.74) is 0.405. The maximum atomic E-state index is 12.9. The molecule has 0 radical (unpaired) electrons. The van der Waals surface area contributed by atoms with Crippen LogP contribution in [0.4, 0.5) is 4.39 Å². The van der Waals surface area contributed by atoms with Crippen molar-refractivity contribution in [3.05, 3.63) is 74.9 Å². The predicted octanol–water partition coefficient (Wildman–Crippen LogP) is 3.86. The molecule has 0 aromatic heterocycles. The molecule has 0 heterocycles. The number of halogens is 3. The monoisotopic (exact) mass is 373 g/mol. The Kier molecular flexibility index (Phi) is 5.41. The highest BCUT2D eigenvalue weighted by Crippen LogP contribution is 2.17. The molecule has 0 fully saturated rings. The minimum atomic E-state index is -4.04. The van der Waals surface area contributed by atoms with Crippen LogP contribution in [0.25, 0.3) is 6.08 Å². The molecule has 23 heavy (non-hydrogen) atoms. The van der Waals surface area contributed by atoms with Gasteiger partial charge in [0.15, 0.2) is 0 Å². The van der Waals surface area contributed by atoms with Crippen LogP contribution in [0.2, 0.25) is 10.0 Å². The second-order valence-electron chi connectivity index (χ2n) is 4.46. The zero-order valence-corrected chi connectivity index (χ0v) is 13.8. The highest BCUT2D eigenvalue weighted by molar-refractivity contribution is 7.93. The first-order valence-electron chi connectivity index (χ1n) is 6.23. The summed E-state index contributed by atoms with van der Waals surface area (Å²) in [5, 5.41) is 1.09. The van der Waals surface area contributed by atoms with E-state index in [2.05, 4.69) is 0 Å². The molecule has 0 saturated heterocycles. The van der Waals surface area contributed by atoms with Gasteiger partial charge < -0.3 is 0 Å². The summed E-state index contributed by atoms with van der Waals surface area (Å²) in [6.45, 7) is 0. The van der Waals surface area contributed by atoms with E-state index >= 15 is 0 Å². The Labute approximate surface area is 142 Å². The Bertz CT molecular complexity index is 882. The van der Waals surface area contributed by atoms with Crippen LogP contribution in [0.1, 0.15) is 15.9 Å². The molecular formula is C15H10Cl2FNO3S. The van der Waals surface area contributed by atoms with Crippen molar-refractivity contribution in [1.82, 2.24) is 4.72 Å². The van der Waals surface area contributed by atoms with Crippen molar-refractivity contribution in [2.24, 2.45) is 0 Å². The molecule has 2 aromatic carbocycles. The average Bonchev–Trinajstić information content (AvgIpc) is 2.44. The van der Waals surface area contributed by atoms with E-state index in [1.807, 2.05) is 4.72 Å². The fourth-order valence-corrected chi connectivity index (χ4v) is 2.89. The van der Waals surface area contributed by atoms with E-state index in [-0.39, 0.29) is 10.6 Å². The maximum absolute atomic E-state index is 12.9. The van der Waals surface area contributed by atoms with Gasteiger partial charge in [-0.2, -0.15) is 0 Å². The van der Waals surface area contributed by atoms with Gasteiger partial charge in [-0.25, -0.2) is 17.5 Å². The normalized spacial score (nSPS) is 11.6. The van der Waals surface area contributed by atoms with E-state index in [1.165, 1.54) is 6.08 Å². The van der Waals surface area contributed by atoms with Crippen LogP contribution >= 0.6 is 23.2 Å². The third kappa shape index (κ3) is 5.06. The number of carbonyl (C=O) groups is 1. The minimum Gasteiger partial charge on any atom is -0.268 e. The van der Waals surface area contributed by atoms with E-state index in [9.17, 15) is 17.6 Å². The molecule has 2 rings (SSSR count). The molecule has 0 aliphatic heterocycles. The zero-order chi connectivity index (χ0) is 17.0. The number of carbonyl (C=O) groups excluding carboxylic acids is 1. The number of hydrogen-bond acceptors (Lipinski definition) is 3. The Morgan fingerprint density at radius 3 is 2.52 bits per heavy atom. The maximum Gasteiger partial charge on any atom is 0.266 e. The number of sulfonamides is 1. The van der Waals surface area contributed by atoms with Gasteiger partial charge >= 0.3 is 0 Å². The van der Waals surface area contributed by atoms with Gasteiger partial charge in [0.25, 0.3) is 15.9 Å². The first-order chi connectivity index (χ1) is 10.8. The largest absolute Gasteiger partial charge is 0.268 e. The molecule has 2 aromatic rings. The van der Waals surface area contributed by atoms with E-state index < -0.39 is 21.7 Å². The van der Waals surface area contributed by atoms with Crippen LogP contribution in [-0.4, -0.2) is 14.3 Å². The summed E-state index contributed by atoms with van der Waals surface area (Å²) < 4.78 is 38.5. The van der Waals surface area contributed by atoms with Gasteiger partial charge in [0, 0.05) is 5.02 Å². The fraction of sp³-hybridized carbons (Fsp3) is 0. The molecule has 0 bridgehead atoms. The van der Waals surface area contributed by atoms with Crippen LogP contribution in [-0.2, 0) is 10.0 Å². The van der Waals surface area contributed by atoms with Gasteiger partial charge in [-0.1, -0.05) is 35.3 Å². The van der Waals surface area contributed by atoms with Crippen molar-refractivity contribution < 1.29 is 17.6 Å². The summed E-state index contributed by atoms with van der Waals surface area (Å²) in [6.07, 6.45) is 1.29. The number of amides is 1. The lowest BCUT2D eigenvalue weighted by molar-refractivity contribution is 0.0982. The van der Waals surface area contributed by atoms with Crippen molar-refractivity contribution >= 4 is 45.2 Å². The summed E-state index contributed by atoms with van der Waals surface area (Å²) in [7, 11) is -4.04. The van der Waals surface area contributed by atoms with Crippen molar-refractivity contribution in [3.8, 4) is 0 Å². The lowest BCUT2D eigenvalue weighted by atomic mass is 10.2. The van der Waals surface area contributed by atoms with Crippen molar-refractivity contribution in [2.45, 2.75) is 0 Å². The summed E-state index contributed by atoms with van der Waals surface area (Å²) in [5.74, 6) is -1.58. The minimum absolute atomic E-state index is 0.146. The molecule has 0 saturated carbocycles. The Hall–Kier alpha value is -1.89. The molecule has 0 aliphatic rings. The molecule has 120 valence electrons. The fourth-order valence-electron chi connectivity index (χ4n) is 1.67. The molecule has 8 heteroatoms. The summed E-state index contributed by atoms with van der Waals surface area (Å²) in [6, 6.07) is 9.54. The van der Waals surface area contributed by atoms with Crippen LogP contribution in [0.5, 0.6) is 0 Å². The smallest absolute Gasteiger partial charge is 0.266 e. The molecule has 1 N–H and O–H groups in total. The Balaban J connectivity index is 2.16.